The average molecular weight is 407 g/mol. The van der Waals surface area contributed by atoms with Gasteiger partial charge in [-0.25, -0.2) is 0 Å². The smallest absolute Gasteiger partial charge is 0.227 e. The zero-order valence-electron chi connectivity index (χ0n) is 17.6. The van der Waals surface area contributed by atoms with Crippen LogP contribution in [0.3, 0.4) is 0 Å². The van der Waals surface area contributed by atoms with Gasteiger partial charge in [-0.2, -0.15) is 0 Å². The number of piperazine rings is 1. The number of amides is 1. The Hall–Kier alpha value is -2.69. The molecular formula is C25H30N2O3. The molecule has 1 saturated heterocycles. The number of para-hydroxylation sites is 1. The molecule has 1 aliphatic carbocycles. The van der Waals surface area contributed by atoms with E-state index < -0.39 is 0 Å². The Kier molecular flexibility index (Phi) is 5.52. The molecule has 0 spiro atoms. The minimum Gasteiger partial charge on any atom is -0.486 e. The molecule has 2 aromatic rings. The molecule has 2 heterocycles. The van der Waals surface area contributed by atoms with Gasteiger partial charge in [0.05, 0.1) is 12.1 Å². The van der Waals surface area contributed by atoms with Crippen LogP contribution in [0.25, 0.3) is 0 Å². The first kappa shape index (κ1) is 19.3. The summed E-state index contributed by atoms with van der Waals surface area (Å²) in [4.78, 5) is 17.4. The van der Waals surface area contributed by atoms with Gasteiger partial charge in [-0.3, -0.25) is 4.79 Å². The van der Waals surface area contributed by atoms with E-state index in [4.69, 9.17) is 9.47 Å². The quantitative estimate of drug-likeness (QED) is 0.730. The molecule has 2 aromatic carbocycles. The maximum Gasteiger partial charge on any atom is 0.227 e. The highest BCUT2D eigenvalue weighted by Gasteiger charge is 2.26. The highest BCUT2D eigenvalue weighted by Crippen LogP contribution is 2.39. The molecule has 1 fully saturated rings. The lowest BCUT2D eigenvalue weighted by Gasteiger charge is -2.37. The summed E-state index contributed by atoms with van der Waals surface area (Å²) in [6, 6.07) is 12.6. The summed E-state index contributed by atoms with van der Waals surface area (Å²) in [6.07, 6.45) is 6.61. The van der Waals surface area contributed by atoms with Crippen molar-refractivity contribution in [1.82, 2.24) is 4.90 Å². The normalized spacial score (nSPS) is 18.5. The van der Waals surface area contributed by atoms with E-state index in [1.807, 2.05) is 17.0 Å². The van der Waals surface area contributed by atoms with Gasteiger partial charge in [0, 0.05) is 26.2 Å². The molecule has 3 aliphatic rings. The van der Waals surface area contributed by atoms with Crippen LogP contribution in [0.5, 0.6) is 11.5 Å². The third-order valence-corrected chi connectivity index (χ3v) is 6.60. The van der Waals surface area contributed by atoms with Gasteiger partial charge in [-0.05, 0) is 54.5 Å². The number of hydrogen-bond acceptors (Lipinski definition) is 4. The first-order valence-electron chi connectivity index (χ1n) is 11.3. The van der Waals surface area contributed by atoms with Crippen molar-refractivity contribution in [3.05, 3.63) is 53.1 Å². The van der Waals surface area contributed by atoms with Gasteiger partial charge in [-0.1, -0.05) is 30.7 Å². The lowest BCUT2D eigenvalue weighted by atomic mass is 9.95. The Morgan fingerprint density at radius 3 is 2.57 bits per heavy atom. The van der Waals surface area contributed by atoms with Gasteiger partial charge < -0.3 is 19.3 Å². The predicted molar refractivity (Wildman–Crippen MR) is 118 cm³/mol. The summed E-state index contributed by atoms with van der Waals surface area (Å²) in [5.41, 5.74) is 5.21. The molecule has 0 bridgehead atoms. The van der Waals surface area contributed by atoms with Crippen LogP contribution in [-0.2, 0) is 24.1 Å². The van der Waals surface area contributed by atoms with E-state index in [9.17, 15) is 4.79 Å². The second-order valence-corrected chi connectivity index (χ2v) is 8.46. The Balaban J connectivity index is 1.24. The van der Waals surface area contributed by atoms with E-state index in [0.717, 1.165) is 56.2 Å². The summed E-state index contributed by atoms with van der Waals surface area (Å²) in [5.74, 6) is 1.92. The fourth-order valence-corrected chi connectivity index (χ4v) is 4.98. The molecule has 1 amide bonds. The lowest BCUT2D eigenvalue weighted by molar-refractivity contribution is -0.130. The maximum atomic E-state index is 13.1. The fourth-order valence-electron chi connectivity index (χ4n) is 4.98. The van der Waals surface area contributed by atoms with E-state index in [1.165, 1.54) is 36.0 Å². The molecule has 2 aliphatic heterocycles. The Morgan fingerprint density at radius 1 is 0.867 bits per heavy atom. The van der Waals surface area contributed by atoms with Crippen molar-refractivity contribution in [3.63, 3.8) is 0 Å². The van der Waals surface area contributed by atoms with Crippen LogP contribution in [0.1, 0.15) is 36.0 Å². The lowest BCUT2D eigenvalue weighted by Crippen LogP contribution is -2.49. The van der Waals surface area contributed by atoms with Crippen molar-refractivity contribution in [1.29, 1.82) is 0 Å². The van der Waals surface area contributed by atoms with E-state index in [0.29, 0.717) is 19.6 Å². The summed E-state index contributed by atoms with van der Waals surface area (Å²) in [5, 5.41) is 0. The molecule has 0 aromatic heterocycles. The van der Waals surface area contributed by atoms with Crippen LogP contribution in [0.4, 0.5) is 5.69 Å². The number of ether oxygens (including phenoxy) is 2. The predicted octanol–water partition coefficient (Wildman–Crippen LogP) is 3.62. The van der Waals surface area contributed by atoms with Crippen LogP contribution in [0.2, 0.25) is 0 Å². The number of carbonyl (C=O) groups excluding carboxylic acids is 1. The summed E-state index contributed by atoms with van der Waals surface area (Å²) >= 11 is 0. The van der Waals surface area contributed by atoms with Crippen molar-refractivity contribution in [2.75, 3.05) is 44.3 Å². The highest BCUT2D eigenvalue weighted by molar-refractivity contribution is 5.80. The summed E-state index contributed by atoms with van der Waals surface area (Å²) in [6.45, 7) is 4.32. The molecule has 0 atom stereocenters. The molecule has 5 heteroatoms. The number of nitrogens with zero attached hydrogens (tertiary/aromatic N) is 2. The highest BCUT2D eigenvalue weighted by atomic mass is 16.6. The second kappa shape index (κ2) is 8.58. The minimum atomic E-state index is 0.252. The van der Waals surface area contributed by atoms with Gasteiger partial charge in [0.25, 0.3) is 0 Å². The number of rotatable bonds is 3. The van der Waals surface area contributed by atoms with E-state index in [1.54, 1.807) is 0 Å². The molecule has 5 rings (SSSR count). The van der Waals surface area contributed by atoms with E-state index in [2.05, 4.69) is 29.2 Å². The Morgan fingerprint density at radius 2 is 1.67 bits per heavy atom. The van der Waals surface area contributed by atoms with Gasteiger partial charge >= 0.3 is 0 Å². The maximum absolute atomic E-state index is 13.1. The fraction of sp³-hybridized carbons (Fsp3) is 0.480. The molecular weight excluding hydrogens is 376 g/mol. The van der Waals surface area contributed by atoms with Gasteiger partial charge in [0.15, 0.2) is 11.5 Å². The largest absolute Gasteiger partial charge is 0.486 e. The monoisotopic (exact) mass is 406 g/mol. The molecule has 30 heavy (non-hydrogen) atoms. The number of anilines is 1. The van der Waals surface area contributed by atoms with Crippen LogP contribution in [-0.4, -0.2) is 50.2 Å². The number of fused-ring (bicyclic) bond motifs is 2. The van der Waals surface area contributed by atoms with Gasteiger partial charge in [0.2, 0.25) is 5.91 Å². The van der Waals surface area contributed by atoms with Gasteiger partial charge in [-0.15, -0.1) is 0 Å². The Labute approximate surface area is 178 Å². The Bertz CT molecular complexity index is 919. The molecule has 158 valence electrons. The number of hydrogen-bond donors (Lipinski definition) is 0. The summed E-state index contributed by atoms with van der Waals surface area (Å²) < 4.78 is 11.6. The van der Waals surface area contributed by atoms with Crippen molar-refractivity contribution in [3.8, 4) is 11.5 Å². The molecule has 0 unspecified atom stereocenters. The van der Waals surface area contributed by atoms with Crippen molar-refractivity contribution >= 4 is 11.6 Å². The zero-order valence-corrected chi connectivity index (χ0v) is 17.6. The first-order valence-corrected chi connectivity index (χ1v) is 11.3. The average Bonchev–Trinajstić information content (AvgIpc) is 3.05. The third-order valence-electron chi connectivity index (χ3n) is 6.60. The molecule has 0 N–H and O–H groups in total. The van der Waals surface area contributed by atoms with Gasteiger partial charge in [0.1, 0.15) is 13.2 Å². The van der Waals surface area contributed by atoms with Crippen molar-refractivity contribution in [2.24, 2.45) is 0 Å². The SMILES string of the molecule is O=C(Cc1cccc2c1CCCCC2)N1CCN(c2cccc3c2OCCO3)CC1. The summed E-state index contributed by atoms with van der Waals surface area (Å²) in [7, 11) is 0. The van der Waals surface area contributed by atoms with Crippen LogP contribution in [0.15, 0.2) is 36.4 Å². The number of benzene rings is 2. The van der Waals surface area contributed by atoms with E-state index in [-0.39, 0.29) is 5.91 Å². The number of aryl methyl sites for hydroxylation is 1. The zero-order chi connectivity index (χ0) is 20.3. The topological polar surface area (TPSA) is 42.0 Å². The van der Waals surface area contributed by atoms with Crippen LogP contribution >= 0.6 is 0 Å². The molecule has 0 radical (unpaired) electrons. The van der Waals surface area contributed by atoms with Crippen LogP contribution < -0.4 is 14.4 Å². The standard InChI is InChI=1S/C25H30N2O3/c28-24(18-20-8-4-7-19-6-2-1-3-9-21(19)20)27-14-12-26(13-15-27)22-10-5-11-23-25(22)30-17-16-29-23/h4-5,7-8,10-11H,1-3,6,9,12-18H2. The van der Waals surface area contributed by atoms with E-state index >= 15 is 0 Å². The first-order chi connectivity index (χ1) is 14.8. The molecule has 5 nitrogen and oxygen atoms in total. The molecule has 0 saturated carbocycles. The third kappa shape index (κ3) is 3.85. The minimum absolute atomic E-state index is 0.252. The van der Waals surface area contributed by atoms with Crippen molar-refractivity contribution in [2.45, 2.75) is 38.5 Å². The number of carbonyl (C=O) groups is 1. The second-order valence-electron chi connectivity index (χ2n) is 8.46. The van der Waals surface area contributed by atoms with Crippen LogP contribution in [0, 0.1) is 0 Å². The van der Waals surface area contributed by atoms with Crippen molar-refractivity contribution < 1.29 is 14.3 Å².